The van der Waals surface area contributed by atoms with E-state index < -0.39 is 23.1 Å². The van der Waals surface area contributed by atoms with Gasteiger partial charge in [-0.25, -0.2) is 4.79 Å². The maximum atomic E-state index is 13.5. The van der Waals surface area contributed by atoms with Crippen LogP contribution >= 0.6 is 0 Å². The molecule has 4 fully saturated rings. The van der Waals surface area contributed by atoms with Gasteiger partial charge in [0.2, 0.25) is 0 Å². The first-order valence-corrected chi connectivity index (χ1v) is 12.5. The van der Waals surface area contributed by atoms with Crippen LogP contribution in [0, 0.1) is 17.8 Å². The number of allylic oxidation sites excluding steroid dienone is 1. The maximum Gasteiger partial charge on any atom is 0.349 e. The zero-order valence-electron chi connectivity index (χ0n) is 20.2. The normalized spacial score (nSPS) is 38.5. The van der Waals surface area contributed by atoms with E-state index in [1.807, 2.05) is 13.1 Å². The molecule has 2 aliphatic heterocycles. The summed E-state index contributed by atoms with van der Waals surface area (Å²) in [6.45, 7) is 3.85. The average molecular weight is 462 g/mol. The van der Waals surface area contributed by atoms with Crippen molar-refractivity contribution in [1.82, 2.24) is 16.0 Å². The molecule has 184 valence electrons. The number of piperidine rings is 1. The van der Waals surface area contributed by atoms with Crippen molar-refractivity contribution in [3.8, 4) is 0 Å². The van der Waals surface area contributed by atoms with Crippen LogP contribution in [-0.2, 0) is 23.9 Å². The van der Waals surface area contributed by atoms with Crippen LogP contribution in [0.5, 0.6) is 0 Å². The molecule has 0 spiro atoms. The quantitative estimate of drug-likeness (QED) is 0.157. The van der Waals surface area contributed by atoms with E-state index in [0.29, 0.717) is 24.9 Å². The predicted molar refractivity (Wildman–Crippen MR) is 123 cm³/mol. The second-order valence-corrected chi connectivity index (χ2v) is 10.3. The van der Waals surface area contributed by atoms with Crippen LogP contribution in [0.2, 0.25) is 0 Å². The molecule has 2 saturated heterocycles. The summed E-state index contributed by atoms with van der Waals surface area (Å²) < 4.78 is 10.8. The molecule has 4 aliphatic rings. The van der Waals surface area contributed by atoms with Crippen LogP contribution in [0.1, 0.15) is 64.7 Å². The molecule has 0 aromatic carbocycles. The Morgan fingerprint density at radius 3 is 2.64 bits per heavy atom. The smallest absolute Gasteiger partial charge is 0.349 e. The average Bonchev–Trinajstić information content (AvgIpc) is 3.55. The van der Waals surface area contributed by atoms with Crippen LogP contribution in [0.15, 0.2) is 11.6 Å². The fourth-order valence-corrected chi connectivity index (χ4v) is 6.26. The molecule has 6 unspecified atom stereocenters. The monoisotopic (exact) mass is 461 g/mol. The number of fused-ring (bicyclic) bond motifs is 2. The lowest BCUT2D eigenvalue weighted by molar-refractivity contribution is -0.156. The van der Waals surface area contributed by atoms with Crippen molar-refractivity contribution < 1.29 is 23.9 Å². The van der Waals surface area contributed by atoms with Gasteiger partial charge in [0.05, 0.1) is 13.3 Å². The van der Waals surface area contributed by atoms with Crippen molar-refractivity contribution in [3.05, 3.63) is 11.6 Å². The van der Waals surface area contributed by atoms with Crippen LogP contribution in [0.25, 0.3) is 0 Å². The molecular weight excluding hydrogens is 422 g/mol. The van der Waals surface area contributed by atoms with Gasteiger partial charge in [-0.1, -0.05) is 24.5 Å². The number of esters is 1. The van der Waals surface area contributed by atoms with Crippen molar-refractivity contribution in [3.63, 3.8) is 0 Å². The highest BCUT2D eigenvalue weighted by Crippen LogP contribution is 2.61. The Morgan fingerprint density at radius 2 is 1.94 bits per heavy atom. The number of Topliss-reactive ketones (excluding diaryl/α,β-unsaturated/α-hetero) is 2. The van der Waals surface area contributed by atoms with Crippen LogP contribution in [-0.4, -0.2) is 62.3 Å². The van der Waals surface area contributed by atoms with Gasteiger partial charge in [0.25, 0.3) is 5.60 Å². The first-order chi connectivity index (χ1) is 15.9. The van der Waals surface area contributed by atoms with E-state index in [4.69, 9.17) is 9.47 Å². The summed E-state index contributed by atoms with van der Waals surface area (Å²) in [5.41, 5.74) is -1.92. The maximum absolute atomic E-state index is 13.5. The standard InChI is InChI=1S/C25H39N3O5/c1-16(8-9-17-11-13-27-20(14-17)28-15-26-2)10-12-24-21(29)18-6-4-5-7-19(18)22(30)25(24,33-24)23(31)32-3/h10,17-20,26-28H,4-9,11-15H2,1-3H3. The van der Waals surface area contributed by atoms with E-state index in [2.05, 4.69) is 22.9 Å². The number of carbonyl (C=O) groups excluding carboxylic acids is 3. The van der Waals surface area contributed by atoms with Gasteiger partial charge in [0, 0.05) is 24.9 Å². The number of hydrogen-bond acceptors (Lipinski definition) is 8. The fourth-order valence-electron chi connectivity index (χ4n) is 6.26. The lowest BCUT2D eigenvalue weighted by atomic mass is 9.61. The predicted octanol–water partition coefficient (Wildman–Crippen LogP) is 1.83. The number of carbonyl (C=O) groups is 3. The highest BCUT2D eigenvalue weighted by molar-refractivity contribution is 6.23. The first-order valence-electron chi connectivity index (χ1n) is 12.5. The molecule has 0 bridgehead atoms. The molecule has 2 saturated carbocycles. The van der Waals surface area contributed by atoms with Crippen molar-refractivity contribution in [2.24, 2.45) is 17.8 Å². The van der Waals surface area contributed by atoms with Gasteiger partial charge < -0.3 is 20.1 Å². The number of hydrogen-bond donors (Lipinski definition) is 3. The van der Waals surface area contributed by atoms with E-state index in [9.17, 15) is 14.4 Å². The highest BCUT2D eigenvalue weighted by atomic mass is 16.7. The van der Waals surface area contributed by atoms with E-state index in [-0.39, 0.29) is 23.9 Å². The second kappa shape index (κ2) is 9.94. The Labute approximate surface area is 196 Å². The first kappa shape index (κ1) is 24.5. The van der Waals surface area contributed by atoms with Gasteiger partial charge >= 0.3 is 5.97 Å². The summed E-state index contributed by atoms with van der Waals surface area (Å²) in [5, 5.41) is 10.1. The number of rotatable bonds is 9. The topological polar surface area (TPSA) is 109 Å². The van der Waals surface area contributed by atoms with Crippen LogP contribution in [0.4, 0.5) is 0 Å². The Balaban J connectivity index is 1.41. The summed E-state index contributed by atoms with van der Waals surface area (Å²) in [7, 11) is 3.19. The molecule has 0 aromatic heterocycles. The molecule has 4 rings (SSSR count). The van der Waals surface area contributed by atoms with Crippen molar-refractivity contribution in [1.29, 1.82) is 0 Å². The molecule has 2 heterocycles. The van der Waals surface area contributed by atoms with E-state index in [1.54, 1.807) is 0 Å². The zero-order chi connectivity index (χ0) is 23.6. The lowest BCUT2D eigenvalue weighted by Crippen LogP contribution is -2.58. The molecule has 0 amide bonds. The molecule has 33 heavy (non-hydrogen) atoms. The Hall–Kier alpha value is -1.61. The molecule has 8 heteroatoms. The Bertz CT molecular complexity index is 814. The molecule has 6 atom stereocenters. The second-order valence-electron chi connectivity index (χ2n) is 10.3. The molecular formula is C25H39N3O5. The number of nitrogens with one attached hydrogen (secondary N) is 3. The fraction of sp³-hybridized carbons (Fsp3) is 0.800. The summed E-state index contributed by atoms with van der Waals surface area (Å²) in [6, 6.07) is 0. The third-order valence-corrected chi connectivity index (χ3v) is 8.23. The van der Waals surface area contributed by atoms with Gasteiger partial charge in [-0.2, -0.15) is 0 Å². The molecule has 8 nitrogen and oxygen atoms in total. The Morgan fingerprint density at radius 1 is 1.21 bits per heavy atom. The third kappa shape index (κ3) is 4.31. The van der Waals surface area contributed by atoms with Crippen LogP contribution in [0.3, 0.4) is 0 Å². The van der Waals surface area contributed by atoms with Gasteiger partial charge in [-0.15, -0.1) is 0 Å². The minimum absolute atomic E-state index is 0.0712. The summed E-state index contributed by atoms with van der Waals surface area (Å²) in [4.78, 5) is 39.5. The van der Waals surface area contributed by atoms with Gasteiger partial charge in [0.15, 0.2) is 17.2 Å². The van der Waals surface area contributed by atoms with Crippen molar-refractivity contribution in [2.75, 3.05) is 27.4 Å². The molecule has 0 radical (unpaired) electrons. The van der Waals surface area contributed by atoms with Crippen LogP contribution < -0.4 is 16.0 Å². The van der Waals surface area contributed by atoms with E-state index >= 15 is 0 Å². The van der Waals surface area contributed by atoms with Crippen molar-refractivity contribution >= 4 is 17.5 Å². The molecule has 3 N–H and O–H groups in total. The minimum Gasteiger partial charge on any atom is -0.466 e. The van der Waals surface area contributed by atoms with Crippen molar-refractivity contribution in [2.45, 2.75) is 82.1 Å². The summed E-state index contributed by atoms with van der Waals surface area (Å²) >= 11 is 0. The number of epoxide rings is 1. The summed E-state index contributed by atoms with van der Waals surface area (Å²) in [6.07, 6.45) is 10.1. The molecule has 2 aliphatic carbocycles. The number of ether oxygens (including phenoxy) is 2. The third-order valence-electron chi connectivity index (χ3n) is 8.23. The lowest BCUT2D eigenvalue weighted by Gasteiger charge is -2.36. The Kier molecular flexibility index (Phi) is 7.38. The zero-order valence-corrected chi connectivity index (χ0v) is 20.2. The largest absolute Gasteiger partial charge is 0.466 e. The summed E-state index contributed by atoms with van der Waals surface area (Å²) in [5.74, 6) is -1.12. The van der Waals surface area contributed by atoms with E-state index in [1.165, 1.54) is 12.7 Å². The number of ketones is 2. The van der Waals surface area contributed by atoms with Gasteiger partial charge in [-0.3, -0.25) is 14.9 Å². The number of methoxy groups -OCH3 is 1. The minimum atomic E-state index is -1.73. The molecule has 0 aromatic rings. The highest BCUT2D eigenvalue weighted by Gasteiger charge is 2.86. The van der Waals surface area contributed by atoms with Gasteiger partial charge in [0.1, 0.15) is 0 Å². The van der Waals surface area contributed by atoms with E-state index in [0.717, 1.165) is 51.7 Å². The SMILES string of the molecule is CNCNC1CC(CCC(C)=CCC23OC2(C(=O)OC)C(=O)C2CCCCC2C3=O)CCN1. The van der Waals surface area contributed by atoms with Gasteiger partial charge in [-0.05, 0) is 65.0 Å².